The smallest absolute Gasteiger partial charge is 0.192 e. The van der Waals surface area contributed by atoms with Crippen molar-refractivity contribution in [1.29, 1.82) is 0 Å². The maximum absolute atomic E-state index is 12.2. The molecule has 1 N–H and O–H groups in total. The Bertz CT molecular complexity index is 427. The number of carbonyl (C=O) groups is 1. The Kier molecular flexibility index (Phi) is 4.17. The zero-order valence-corrected chi connectivity index (χ0v) is 10.6. The molecule has 0 bridgehead atoms. The fourth-order valence-electron chi connectivity index (χ4n) is 1.91. The molecule has 18 heavy (non-hydrogen) atoms. The zero-order valence-electron chi connectivity index (χ0n) is 10.6. The zero-order chi connectivity index (χ0) is 13.0. The van der Waals surface area contributed by atoms with Crippen molar-refractivity contribution in [3.05, 3.63) is 23.8 Å². The molecule has 0 radical (unpaired) electrons. The molecule has 1 aliphatic rings. The summed E-state index contributed by atoms with van der Waals surface area (Å²) in [5.74, 6) is 1.12. The quantitative estimate of drug-likeness (QED) is 0.805. The molecule has 0 aromatic heterocycles. The first-order valence-corrected chi connectivity index (χ1v) is 5.85. The fourth-order valence-corrected chi connectivity index (χ4v) is 1.91. The van der Waals surface area contributed by atoms with Gasteiger partial charge >= 0.3 is 0 Å². The highest BCUT2D eigenvalue weighted by atomic mass is 16.5. The van der Waals surface area contributed by atoms with Crippen molar-refractivity contribution in [2.45, 2.75) is 6.10 Å². The SMILES string of the molecule is COc1ccc(C(=O)C2CNCCO2)cc1OC. The van der Waals surface area contributed by atoms with Crippen molar-refractivity contribution in [3.63, 3.8) is 0 Å². The van der Waals surface area contributed by atoms with Crippen LogP contribution in [0.3, 0.4) is 0 Å². The van der Waals surface area contributed by atoms with Crippen molar-refractivity contribution in [3.8, 4) is 11.5 Å². The van der Waals surface area contributed by atoms with E-state index < -0.39 is 6.10 Å². The number of rotatable bonds is 4. The predicted octanol–water partition coefficient (Wildman–Crippen LogP) is 0.875. The molecular formula is C13H17NO4. The summed E-state index contributed by atoms with van der Waals surface area (Å²) >= 11 is 0. The first-order chi connectivity index (χ1) is 8.76. The molecular weight excluding hydrogens is 234 g/mol. The van der Waals surface area contributed by atoms with E-state index in [-0.39, 0.29) is 5.78 Å². The minimum atomic E-state index is -0.420. The van der Waals surface area contributed by atoms with Gasteiger partial charge in [0.05, 0.1) is 20.8 Å². The van der Waals surface area contributed by atoms with Crippen molar-refractivity contribution in [1.82, 2.24) is 5.32 Å². The van der Waals surface area contributed by atoms with Gasteiger partial charge in [-0.1, -0.05) is 0 Å². The van der Waals surface area contributed by atoms with E-state index in [2.05, 4.69) is 5.32 Å². The van der Waals surface area contributed by atoms with E-state index in [0.29, 0.717) is 30.2 Å². The second kappa shape index (κ2) is 5.84. The predicted molar refractivity (Wildman–Crippen MR) is 66.5 cm³/mol. The summed E-state index contributed by atoms with van der Waals surface area (Å²) in [6.07, 6.45) is -0.420. The Morgan fingerprint density at radius 2 is 2.11 bits per heavy atom. The highest BCUT2D eigenvalue weighted by Crippen LogP contribution is 2.28. The number of hydrogen-bond acceptors (Lipinski definition) is 5. The molecule has 2 rings (SSSR count). The van der Waals surface area contributed by atoms with Crippen LogP contribution in [0.25, 0.3) is 0 Å². The van der Waals surface area contributed by atoms with Gasteiger partial charge in [0.1, 0.15) is 6.10 Å². The van der Waals surface area contributed by atoms with Crippen LogP contribution in [0.5, 0.6) is 11.5 Å². The van der Waals surface area contributed by atoms with Crippen LogP contribution in [0.4, 0.5) is 0 Å². The van der Waals surface area contributed by atoms with E-state index >= 15 is 0 Å². The molecule has 1 fully saturated rings. The van der Waals surface area contributed by atoms with E-state index in [1.165, 1.54) is 0 Å². The summed E-state index contributed by atoms with van der Waals surface area (Å²) in [5, 5.41) is 3.13. The van der Waals surface area contributed by atoms with Gasteiger partial charge in [0.15, 0.2) is 17.3 Å². The van der Waals surface area contributed by atoms with E-state index in [1.54, 1.807) is 32.4 Å². The second-order valence-corrected chi connectivity index (χ2v) is 4.00. The Morgan fingerprint density at radius 1 is 1.33 bits per heavy atom. The van der Waals surface area contributed by atoms with Crippen molar-refractivity contribution < 1.29 is 19.0 Å². The largest absolute Gasteiger partial charge is 0.493 e. The number of morpholine rings is 1. The third kappa shape index (κ3) is 2.63. The molecule has 0 spiro atoms. The number of nitrogens with one attached hydrogen (secondary N) is 1. The molecule has 0 saturated carbocycles. The summed E-state index contributed by atoms with van der Waals surface area (Å²) in [6, 6.07) is 5.13. The molecule has 5 nitrogen and oxygen atoms in total. The number of benzene rings is 1. The second-order valence-electron chi connectivity index (χ2n) is 4.00. The van der Waals surface area contributed by atoms with Crippen molar-refractivity contribution >= 4 is 5.78 Å². The van der Waals surface area contributed by atoms with Gasteiger partial charge in [-0.15, -0.1) is 0 Å². The van der Waals surface area contributed by atoms with Gasteiger partial charge in [-0.3, -0.25) is 4.79 Å². The molecule has 1 heterocycles. The molecule has 1 saturated heterocycles. The van der Waals surface area contributed by atoms with Gasteiger partial charge in [-0.05, 0) is 18.2 Å². The van der Waals surface area contributed by atoms with Crippen LogP contribution in [0.1, 0.15) is 10.4 Å². The van der Waals surface area contributed by atoms with Crippen LogP contribution in [0.15, 0.2) is 18.2 Å². The third-order valence-electron chi connectivity index (χ3n) is 2.89. The van der Waals surface area contributed by atoms with Gasteiger partial charge in [0.2, 0.25) is 0 Å². The molecule has 1 aliphatic heterocycles. The molecule has 1 aromatic rings. The molecule has 0 amide bonds. The highest BCUT2D eigenvalue weighted by molar-refractivity contribution is 6.00. The van der Waals surface area contributed by atoms with Gasteiger partial charge in [-0.25, -0.2) is 0 Å². The van der Waals surface area contributed by atoms with Crippen LogP contribution in [-0.2, 0) is 4.74 Å². The number of hydrogen-bond donors (Lipinski definition) is 1. The monoisotopic (exact) mass is 251 g/mol. The summed E-state index contributed by atoms with van der Waals surface area (Å²) in [4.78, 5) is 12.2. The first-order valence-electron chi connectivity index (χ1n) is 5.85. The number of ketones is 1. The third-order valence-corrected chi connectivity index (χ3v) is 2.89. The lowest BCUT2D eigenvalue weighted by Gasteiger charge is -2.22. The number of methoxy groups -OCH3 is 2. The van der Waals surface area contributed by atoms with Crippen LogP contribution in [0, 0.1) is 0 Å². The van der Waals surface area contributed by atoms with Gasteiger partial charge in [-0.2, -0.15) is 0 Å². The molecule has 5 heteroatoms. The normalized spacial score (nSPS) is 19.3. The number of carbonyl (C=O) groups excluding carboxylic acids is 1. The van der Waals surface area contributed by atoms with E-state index in [0.717, 1.165) is 6.54 Å². The highest BCUT2D eigenvalue weighted by Gasteiger charge is 2.23. The standard InChI is InChI=1S/C13H17NO4/c1-16-10-4-3-9(7-11(10)17-2)13(15)12-8-14-5-6-18-12/h3-4,7,12,14H,5-6,8H2,1-2H3. The number of ether oxygens (including phenoxy) is 3. The Morgan fingerprint density at radius 3 is 2.72 bits per heavy atom. The summed E-state index contributed by atoms with van der Waals surface area (Å²) < 4.78 is 15.8. The van der Waals surface area contributed by atoms with Crippen LogP contribution in [-0.4, -0.2) is 45.8 Å². The molecule has 1 atom stereocenters. The van der Waals surface area contributed by atoms with E-state index in [9.17, 15) is 4.79 Å². The van der Waals surface area contributed by atoms with Gasteiger partial charge < -0.3 is 19.5 Å². The lowest BCUT2D eigenvalue weighted by atomic mass is 10.0. The van der Waals surface area contributed by atoms with Crippen molar-refractivity contribution in [2.75, 3.05) is 33.9 Å². The minimum absolute atomic E-state index is 0.0387. The van der Waals surface area contributed by atoms with Crippen LogP contribution < -0.4 is 14.8 Å². The lowest BCUT2D eigenvalue weighted by Crippen LogP contribution is -2.43. The fraction of sp³-hybridized carbons (Fsp3) is 0.462. The average Bonchev–Trinajstić information content (AvgIpc) is 2.46. The van der Waals surface area contributed by atoms with Crippen LogP contribution in [0.2, 0.25) is 0 Å². The Labute approximate surface area is 106 Å². The Balaban J connectivity index is 2.19. The lowest BCUT2D eigenvalue weighted by molar-refractivity contribution is 0.0269. The van der Waals surface area contributed by atoms with Crippen molar-refractivity contribution in [2.24, 2.45) is 0 Å². The number of Topliss-reactive ketones (excluding diaryl/α,β-unsaturated/α-hetero) is 1. The first kappa shape index (κ1) is 12.9. The maximum atomic E-state index is 12.2. The molecule has 0 aliphatic carbocycles. The minimum Gasteiger partial charge on any atom is -0.493 e. The topological polar surface area (TPSA) is 56.8 Å². The summed E-state index contributed by atoms with van der Waals surface area (Å²) in [6.45, 7) is 1.90. The molecule has 1 unspecified atom stereocenters. The maximum Gasteiger partial charge on any atom is 0.192 e. The van der Waals surface area contributed by atoms with E-state index in [1.807, 2.05) is 0 Å². The Hall–Kier alpha value is -1.59. The summed E-state index contributed by atoms with van der Waals surface area (Å²) in [7, 11) is 3.11. The molecule has 1 aromatic carbocycles. The van der Waals surface area contributed by atoms with Crippen LogP contribution >= 0.6 is 0 Å². The average molecular weight is 251 g/mol. The molecule has 98 valence electrons. The van der Waals surface area contributed by atoms with Gasteiger partial charge in [0, 0.05) is 18.7 Å². The van der Waals surface area contributed by atoms with Gasteiger partial charge in [0.25, 0.3) is 0 Å². The van der Waals surface area contributed by atoms with E-state index in [4.69, 9.17) is 14.2 Å². The summed E-state index contributed by atoms with van der Waals surface area (Å²) in [5.41, 5.74) is 0.571.